The van der Waals surface area contributed by atoms with E-state index in [1.165, 1.54) is 0 Å². The molecule has 0 aliphatic heterocycles. The van der Waals surface area contributed by atoms with Crippen molar-refractivity contribution in [1.82, 2.24) is 10.7 Å². The van der Waals surface area contributed by atoms with Gasteiger partial charge in [-0.2, -0.15) is 5.10 Å². The average Bonchev–Trinajstić information content (AvgIpc) is 1.85. The molecule has 0 aromatic carbocycles. The van der Waals surface area contributed by atoms with Gasteiger partial charge >= 0.3 is 6.03 Å². The predicted octanol–water partition coefficient (Wildman–Crippen LogP) is -1.11. The van der Waals surface area contributed by atoms with Crippen LogP contribution in [0.15, 0.2) is 5.10 Å². The fourth-order valence-corrected chi connectivity index (χ4v) is 0.281. The van der Waals surface area contributed by atoms with E-state index in [9.17, 15) is 4.79 Å². The van der Waals surface area contributed by atoms with Crippen LogP contribution in [-0.2, 0) is 0 Å². The molecule has 0 saturated heterocycles. The summed E-state index contributed by atoms with van der Waals surface area (Å²) >= 11 is 0. The number of nitrogens with zero attached hydrogens (tertiary/aromatic N) is 1. The van der Waals surface area contributed by atoms with E-state index in [2.05, 4.69) is 17.1 Å². The quantitative estimate of drug-likeness (QED) is 0.336. The standard InChI is InChI=1S/C4H9N3O2/c1-5-7-4(9)6-2-3-8/h8H,1-3H2,(H2,6,7,9). The van der Waals surface area contributed by atoms with Crippen LogP contribution in [0.3, 0.4) is 0 Å². The van der Waals surface area contributed by atoms with Crippen LogP contribution in [0.2, 0.25) is 0 Å². The number of carbonyl (C=O) groups excluding carboxylic acids is 1. The van der Waals surface area contributed by atoms with Crippen LogP contribution >= 0.6 is 0 Å². The number of nitrogens with one attached hydrogen (secondary N) is 2. The third-order valence-corrected chi connectivity index (χ3v) is 0.578. The Balaban J connectivity index is 3.16. The molecule has 0 aromatic rings. The Kier molecular flexibility index (Phi) is 4.43. The number of aliphatic hydroxyl groups is 1. The van der Waals surface area contributed by atoms with Crippen molar-refractivity contribution < 1.29 is 9.90 Å². The molecule has 5 nitrogen and oxygen atoms in total. The first-order valence-corrected chi connectivity index (χ1v) is 2.41. The topological polar surface area (TPSA) is 73.7 Å². The third-order valence-electron chi connectivity index (χ3n) is 0.578. The fraction of sp³-hybridized carbons (Fsp3) is 0.500. The summed E-state index contributed by atoms with van der Waals surface area (Å²) in [5.41, 5.74) is 2.03. The minimum Gasteiger partial charge on any atom is -0.395 e. The van der Waals surface area contributed by atoms with Crippen LogP contribution in [0.4, 0.5) is 4.79 Å². The second-order valence-electron chi connectivity index (χ2n) is 1.25. The highest BCUT2D eigenvalue weighted by molar-refractivity contribution is 5.73. The molecular weight excluding hydrogens is 122 g/mol. The molecule has 0 unspecified atom stereocenters. The number of urea groups is 1. The molecule has 0 atom stereocenters. The Bertz CT molecular complexity index is 104. The van der Waals surface area contributed by atoms with Crippen molar-refractivity contribution in [2.45, 2.75) is 0 Å². The minimum absolute atomic E-state index is 0.0788. The van der Waals surface area contributed by atoms with Crippen LogP contribution in [-0.4, -0.2) is 31.0 Å². The van der Waals surface area contributed by atoms with Gasteiger partial charge in [0.25, 0.3) is 0 Å². The molecule has 52 valence electrons. The molecule has 0 spiro atoms. The predicted molar refractivity (Wildman–Crippen MR) is 33.2 cm³/mol. The van der Waals surface area contributed by atoms with Gasteiger partial charge in [-0.05, 0) is 0 Å². The zero-order valence-corrected chi connectivity index (χ0v) is 4.92. The maximum Gasteiger partial charge on any atom is 0.335 e. The molecule has 0 aromatic heterocycles. The van der Waals surface area contributed by atoms with Gasteiger partial charge in [0.05, 0.1) is 6.61 Å². The summed E-state index contributed by atoms with van der Waals surface area (Å²) in [6.45, 7) is 3.17. The lowest BCUT2D eigenvalue weighted by atomic mass is 10.7. The lowest BCUT2D eigenvalue weighted by Crippen LogP contribution is -2.33. The molecule has 3 N–H and O–H groups in total. The molecule has 9 heavy (non-hydrogen) atoms. The maximum atomic E-state index is 10.3. The van der Waals surface area contributed by atoms with Gasteiger partial charge in [-0.1, -0.05) is 0 Å². The van der Waals surface area contributed by atoms with E-state index in [0.29, 0.717) is 0 Å². The third kappa shape index (κ3) is 4.76. The van der Waals surface area contributed by atoms with Crippen molar-refractivity contribution in [3.63, 3.8) is 0 Å². The number of aliphatic hydroxyl groups excluding tert-OH is 1. The SMILES string of the molecule is C=NNC(=O)NCCO. The lowest BCUT2D eigenvalue weighted by molar-refractivity contribution is 0.235. The van der Waals surface area contributed by atoms with Gasteiger partial charge in [-0.15, -0.1) is 0 Å². The van der Waals surface area contributed by atoms with Gasteiger partial charge in [0, 0.05) is 13.3 Å². The second-order valence-corrected chi connectivity index (χ2v) is 1.25. The molecule has 0 aliphatic carbocycles. The number of carbonyl (C=O) groups is 1. The van der Waals surface area contributed by atoms with Crippen molar-refractivity contribution in [3.8, 4) is 0 Å². The number of amides is 2. The minimum atomic E-state index is -0.459. The smallest absolute Gasteiger partial charge is 0.335 e. The molecule has 0 heterocycles. The van der Waals surface area contributed by atoms with Gasteiger partial charge in [0.1, 0.15) is 0 Å². The van der Waals surface area contributed by atoms with Crippen molar-refractivity contribution in [2.75, 3.05) is 13.2 Å². The van der Waals surface area contributed by atoms with Gasteiger partial charge in [-0.25, -0.2) is 10.2 Å². The lowest BCUT2D eigenvalue weighted by Gasteiger charge is -1.98. The molecular formula is C4H9N3O2. The number of hydrogen-bond acceptors (Lipinski definition) is 3. The van der Waals surface area contributed by atoms with Crippen LogP contribution < -0.4 is 10.7 Å². The summed E-state index contributed by atoms with van der Waals surface area (Å²) in [5, 5.41) is 13.6. The van der Waals surface area contributed by atoms with Gasteiger partial charge < -0.3 is 10.4 Å². The maximum absolute atomic E-state index is 10.3. The highest BCUT2D eigenvalue weighted by Crippen LogP contribution is 1.61. The average molecular weight is 131 g/mol. The summed E-state index contributed by atoms with van der Waals surface area (Å²) in [6, 6.07) is -0.459. The van der Waals surface area contributed by atoms with Crippen molar-refractivity contribution in [1.29, 1.82) is 0 Å². The fourth-order valence-electron chi connectivity index (χ4n) is 0.281. The van der Waals surface area contributed by atoms with E-state index >= 15 is 0 Å². The summed E-state index contributed by atoms with van der Waals surface area (Å²) in [4.78, 5) is 10.3. The van der Waals surface area contributed by atoms with Crippen LogP contribution in [0.5, 0.6) is 0 Å². The first-order valence-electron chi connectivity index (χ1n) is 2.41. The van der Waals surface area contributed by atoms with Gasteiger partial charge in [-0.3, -0.25) is 0 Å². The van der Waals surface area contributed by atoms with E-state index in [0.717, 1.165) is 0 Å². The second kappa shape index (κ2) is 5.04. The molecule has 2 amide bonds. The number of rotatable bonds is 3. The number of hydrogen-bond donors (Lipinski definition) is 3. The Hall–Kier alpha value is -1.10. The monoisotopic (exact) mass is 131 g/mol. The Morgan fingerprint density at radius 3 is 2.89 bits per heavy atom. The molecule has 0 rings (SSSR count). The highest BCUT2D eigenvalue weighted by atomic mass is 16.3. The highest BCUT2D eigenvalue weighted by Gasteiger charge is 1.92. The van der Waals surface area contributed by atoms with Gasteiger partial charge in [0.15, 0.2) is 0 Å². The Morgan fingerprint density at radius 2 is 2.44 bits per heavy atom. The first-order chi connectivity index (χ1) is 4.31. The molecule has 0 bridgehead atoms. The molecule has 0 saturated carbocycles. The Labute approximate surface area is 52.8 Å². The molecule has 0 fully saturated rings. The largest absolute Gasteiger partial charge is 0.395 e. The summed E-state index contributed by atoms with van der Waals surface area (Å²) < 4.78 is 0. The molecule has 5 heteroatoms. The normalized spacial score (nSPS) is 8.11. The van der Waals surface area contributed by atoms with Crippen molar-refractivity contribution in [3.05, 3.63) is 0 Å². The first kappa shape index (κ1) is 7.90. The van der Waals surface area contributed by atoms with Crippen LogP contribution in [0, 0.1) is 0 Å². The van der Waals surface area contributed by atoms with Crippen LogP contribution in [0.1, 0.15) is 0 Å². The van der Waals surface area contributed by atoms with Crippen LogP contribution in [0.25, 0.3) is 0 Å². The summed E-state index contributed by atoms with van der Waals surface area (Å²) in [7, 11) is 0. The molecule has 0 radical (unpaired) electrons. The summed E-state index contributed by atoms with van der Waals surface area (Å²) in [6.07, 6.45) is 0. The van der Waals surface area contributed by atoms with E-state index in [1.54, 1.807) is 0 Å². The van der Waals surface area contributed by atoms with Gasteiger partial charge in [0.2, 0.25) is 0 Å². The Morgan fingerprint density at radius 1 is 1.78 bits per heavy atom. The van der Waals surface area contributed by atoms with Crippen molar-refractivity contribution >= 4 is 12.7 Å². The zero-order chi connectivity index (χ0) is 7.11. The van der Waals surface area contributed by atoms with E-state index in [1.807, 2.05) is 5.43 Å². The van der Waals surface area contributed by atoms with E-state index < -0.39 is 6.03 Å². The van der Waals surface area contributed by atoms with Crippen molar-refractivity contribution in [2.24, 2.45) is 5.10 Å². The van der Waals surface area contributed by atoms with E-state index in [4.69, 9.17) is 5.11 Å². The number of hydrazone groups is 1. The zero-order valence-electron chi connectivity index (χ0n) is 4.92. The van der Waals surface area contributed by atoms with E-state index in [-0.39, 0.29) is 13.2 Å². The summed E-state index contributed by atoms with van der Waals surface area (Å²) in [5.74, 6) is 0. The molecule has 0 aliphatic rings.